The molecule has 0 aliphatic heterocycles. The number of rotatable bonds is 6. The van der Waals surface area contributed by atoms with Crippen LogP contribution in [-0.2, 0) is 6.54 Å². The zero-order valence-corrected chi connectivity index (χ0v) is 16.8. The minimum atomic E-state index is -0.266. The third-order valence-electron chi connectivity index (χ3n) is 4.64. The number of para-hydroxylation sites is 1. The van der Waals surface area contributed by atoms with Crippen LogP contribution in [0.3, 0.4) is 0 Å². The van der Waals surface area contributed by atoms with Crippen LogP contribution in [0.2, 0.25) is 0 Å². The molecule has 4 rings (SSSR count). The van der Waals surface area contributed by atoms with Crippen LogP contribution in [0.25, 0.3) is 0 Å². The van der Waals surface area contributed by atoms with Crippen LogP contribution in [0.1, 0.15) is 44.7 Å². The summed E-state index contributed by atoms with van der Waals surface area (Å²) in [6.07, 6.45) is 2.15. The lowest BCUT2D eigenvalue weighted by molar-refractivity contribution is 0.0950. The monoisotopic (exact) mass is 413 g/mol. The Morgan fingerprint density at radius 3 is 2.82 bits per heavy atom. The van der Waals surface area contributed by atoms with Gasteiger partial charge < -0.3 is 10.2 Å². The number of amides is 2. The largest absolute Gasteiger partial charge is 0.345 e. The molecule has 0 radical (unpaired) electrons. The Morgan fingerprint density at radius 1 is 1.32 bits per heavy atom. The van der Waals surface area contributed by atoms with Gasteiger partial charge in [0.1, 0.15) is 0 Å². The molecule has 0 spiro atoms. The van der Waals surface area contributed by atoms with Gasteiger partial charge in [-0.15, -0.1) is 11.3 Å². The van der Waals surface area contributed by atoms with Crippen LogP contribution in [0, 0.1) is 4.77 Å². The lowest BCUT2D eigenvalue weighted by Gasteiger charge is -2.19. The highest BCUT2D eigenvalue weighted by molar-refractivity contribution is 7.71. The number of aromatic amines is 1. The number of benzene rings is 1. The summed E-state index contributed by atoms with van der Waals surface area (Å²) in [4.78, 5) is 27.6. The van der Waals surface area contributed by atoms with E-state index in [1.54, 1.807) is 31.3 Å². The van der Waals surface area contributed by atoms with E-state index in [0.717, 1.165) is 12.8 Å². The lowest BCUT2D eigenvalue weighted by Crippen LogP contribution is -2.30. The van der Waals surface area contributed by atoms with E-state index in [1.165, 1.54) is 16.2 Å². The number of carbonyl (C=O) groups excluding carboxylic acids is 2. The quantitative estimate of drug-likeness (QED) is 0.606. The molecule has 2 heterocycles. The highest BCUT2D eigenvalue weighted by Gasteiger charge is 2.27. The molecule has 7 nitrogen and oxygen atoms in total. The number of hydrogen-bond donors (Lipinski definition) is 2. The average molecular weight is 414 g/mol. The number of nitrogens with zero attached hydrogens (tertiary/aromatic N) is 3. The average Bonchev–Trinajstić information content (AvgIpc) is 3.25. The second-order valence-electron chi connectivity index (χ2n) is 6.59. The predicted octanol–water partition coefficient (Wildman–Crippen LogP) is 3.54. The molecule has 0 atom stereocenters. The summed E-state index contributed by atoms with van der Waals surface area (Å²) in [5, 5.41) is 11.8. The molecule has 1 aromatic carbocycles. The normalized spacial score (nSPS) is 13.3. The van der Waals surface area contributed by atoms with Gasteiger partial charge in [0.25, 0.3) is 11.8 Å². The minimum Gasteiger partial charge on any atom is -0.345 e. The van der Waals surface area contributed by atoms with Crippen molar-refractivity contribution in [3.63, 3.8) is 0 Å². The van der Waals surface area contributed by atoms with E-state index in [2.05, 4.69) is 15.5 Å². The van der Waals surface area contributed by atoms with Gasteiger partial charge in [0, 0.05) is 13.1 Å². The highest BCUT2D eigenvalue weighted by atomic mass is 32.1. The minimum absolute atomic E-state index is 0.148. The fraction of sp³-hybridized carbons (Fsp3) is 0.263. The first-order valence-corrected chi connectivity index (χ1v) is 10.2. The maximum atomic E-state index is 12.8. The van der Waals surface area contributed by atoms with E-state index in [9.17, 15) is 9.59 Å². The van der Waals surface area contributed by atoms with Crippen LogP contribution in [-0.4, -0.2) is 33.6 Å². The topological polar surface area (TPSA) is 83.0 Å². The standard InChI is InChI=1S/C19H19N5O2S2/c1-23(18(26)15-7-4-10-28-15)14-6-3-2-5-13(14)17(25)20-11-16-21-22-19(27)24(16)12-8-9-12/h2-7,10,12H,8-9,11H2,1H3,(H,20,25)(H,22,27). The second-order valence-corrected chi connectivity index (χ2v) is 7.92. The Morgan fingerprint density at radius 2 is 2.11 bits per heavy atom. The number of thiophene rings is 1. The molecule has 1 fully saturated rings. The summed E-state index contributed by atoms with van der Waals surface area (Å²) in [6, 6.07) is 11.0. The molecule has 1 aliphatic carbocycles. The summed E-state index contributed by atoms with van der Waals surface area (Å²) in [6.45, 7) is 0.263. The van der Waals surface area contributed by atoms with Crippen molar-refractivity contribution in [3.8, 4) is 0 Å². The maximum Gasteiger partial charge on any atom is 0.268 e. The van der Waals surface area contributed by atoms with Crippen LogP contribution in [0.5, 0.6) is 0 Å². The van der Waals surface area contributed by atoms with Gasteiger partial charge in [-0.2, -0.15) is 5.10 Å². The number of aromatic nitrogens is 3. The molecule has 1 aliphatic rings. The fourth-order valence-corrected chi connectivity index (χ4v) is 4.06. The molecule has 0 unspecified atom stereocenters. The van der Waals surface area contributed by atoms with Gasteiger partial charge in [0.05, 0.1) is 22.7 Å². The third-order valence-corrected chi connectivity index (χ3v) is 5.79. The van der Waals surface area contributed by atoms with E-state index in [-0.39, 0.29) is 18.4 Å². The van der Waals surface area contributed by atoms with Crippen molar-refractivity contribution >= 4 is 41.1 Å². The van der Waals surface area contributed by atoms with Gasteiger partial charge in [0.2, 0.25) is 0 Å². The summed E-state index contributed by atoms with van der Waals surface area (Å²) < 4.78 is 2.54. The van der Waals surface area contributed by atoms with Crippen molar-refractivity contribution in [2.45, 2.75) is 25.4 Å². The Hall–Kier alpha value is -2.78. The number of carbonyl (C=O) groups is 2. The number of anilines is 1. The number of hydrogen-bond acceptors (Lipinski definition) is 5. The van der Waals surface area contributed by atoms with Gasteiger partial charge in [-0.05, 0) is 48.6 Å². The number of nitrogens with one attached hydrogen (secondary N) is 2. The zero-order chi connectivity index (χ0) is 19.7. The molecule has 28 heavy (non-hydrogen) atoms. The first-order valence-electron chi connectivity index (χ1n) is 8.91. The van der Waals surface area contributed by atoms with Crippen molar-refractivity contribution in [1.82, 2.24) is 20.1 Å². The molecule has 2 N–H and O–H groups in total. The van der Waals surface area contributed by atoms with E-state index in [1.807, 2.05) is 22.1 Å². The molecule has 1 saturated carbocycles. The van der Waals surface area contributed by atoms with Gasteiger partial charge in [-0.3, -0.25) is 19.3 Å². The Balaban J connectivity index is 1.52. The first-order chi connectivity index (χ1) is 13.6. The van der Waals surface area contributed by atoms with E-state index in [4.69, 9.17) is 12.2 Å². The lowest BCUT2D eigenvalue weighted by atomic mass is 10.1. The van der Waals surface area contributed by atoms with Gasteiger partial charge >= 0.3 is 0 Å². The molecule has 144 valence electrons. The number of H-pyrrole nitrogens is 1. The molecule has 2 amide bonds. The van der Waals surface area contributed by atoms with Gasteiger partial charge in [-0.1, -0.05) is 18.2 Å². The van der Waals surface area contributed by atoms with E-state index in [0.29, 0.717) is 32.8 Å². The van der Waals surface area contributed by atoms with Crippen LogP contribution >= 0.6 is 23.6 Å². The van der Waals surface area contributed by atoms with Crippen molar-refractivity contribution in [3.05, 3.63) is 62.8 Å². The van der Waals surface area contributed by atoms with E-state index >= 15 is 0 Å². The predicted molar refractivity (Wildman–Crippen MR) is 110 cm³/mol. The van der Waals surface area contributed by atoms with Gasteiger partial charge in [0.15, 0.2) is 10.6 Å². The SMILES string of the molecule is CN(C(=O)c1cccs1)c1ccccc1C(=O)NCc1n[nH]c(=S)n1C1CC1. The van der Waals surface area contributed by atoms with Crippen molar-refractivity contribution in [1.29, 1.82) is 0 Å². The molecule has 9 heteroatoms. The first kappa shape index (κ1) is 18.6. The van der Waals surface area contributed by atoms with Crippen molar-refractivity contribution in [2.75, 3.05) is 11.9 Å². The summed E-state index contributed by atoms with van der Waals surface area (Å²) in [5.41, 5.74) is 0.987. The summed E-state index contributed by atoms with van der Waals surface area (Å²) in [7, 11) is 1.67. The van der Waals surface area contributed by atoms with E-state index < -0.39 is 0 Å². The molecular weight excluding hydrogens is 394 g/mol. The van der Waals surface area contributed by atoms with Crippen LogP contribution in [0.4, 0.5) is 5.69 Å². The zero-order valence-electron chi connectivity index (χ0n) is 15.2. The Labute approximate surface area is 171 Å². The van der Waals surface area contributed by atoms with Crippen molar-refractivity contribution < 1.29 is 9.59 Å². The molecule has 3 aromatic rings. The smallest absolute Gasteiger partial charge is 0.268 e. The Bertz CT molecular complexity index is 1070. The van der Waals surface area contributed by atoms with Crippen LogP contribution < -0.4 is 10.2 Å². The summed E-state index contributed by atoms with van der Waals surface area (Å²) >= 11 is 6.65. The van der Waals surface area contributed by atoms with Crippen molar-refractivity contribution in [2.24, 2.45) is 0 Å². The van der Waals surface area contributed by atoms with Gasteiger partial charge in [-0.25, -0.2) is 0 Å². The molecular formula is C19H19N5O2S2. The highest BCUT2D eigenvalue weighted by Crippen LogP contribution is 2.35. The second kappa shape index (κ2) is 7.69. The molecule has 0 bridgehead atoms. The third kappa shape index (κ3) is 3.63. The fourth-order valence-electron chi connectivity index (χ4n) is 3.06. The Kier molecular flexibility index (Phi) is 5.10. The molecule has 2 aromatic heterocycles. The van der Waals surface area contributed by atoms with Crippen LogP contribution in [0.15, 0.2) is 41.8 Å². The maximum absolute atomic E-state index is 12.8. The molecule has 0 saturated heterocycles. The summed E-state index contributed by atoms with van der Waals surface area (Å²) in [5.74, 6) is 0.295.